The maximum absolute atomic E-state index is 11.8. The van der Waals surface area contributed by atoms with Gasteiger partial charge in [0.2, 0.25) is 10.0 Å². The zero-order valence-electron chi connectivity index (χ0n) is 10.3. The van der Waals surface area contributed by atoms with Crippen LogP contribution in [0, 0.1) is 0 Å². The number of sulfonamides is 1. The molecule has 0 amide bonds. The van der Waals surface area contributed by atoms with E-state index in [9.17, 15) is 8.42 Å². The molecule has 102 valence electrons. The maximum Gasteiger partial charge on any atom is 0.215 e. The molecule has 0 heterocycles. The van der Waals surface area contributed by atoms with Crippen LogP contribution in [-0.2, 0) is 20.5 Å². The number of methoxy groups -OCH3 is 1. The normalized spacial score (nSPS) is 13.4. The molecular formula is C12H18ClNO3S. The van der Waals surface area contributed by atoms with Crippen molar-refractivity contribution in [2.45, 2.75) is 17.6 Å². The molecule has 1 aromatic carbocycles. The number of hydrogen-bond acceptors (Lipinski definition) is 3. The number of benzene rings is 1. The van der Waals surface area contributed by atoms with Gasteiger partial charge in [-0.1, -0.05) is 30.3 Å². The van der Waals surface area contributed by atoms with Gasteiger partial charge in [-0.25, -0.2) is 13.1 Å². The Labute approximate surface area is 113 Å². The van der Waals surface area contributed by atoms with Crippen molar-refractivity contribution in [1.29, 1.82) is 0 Å². The van der Waals surface area contributed by atoms with Crippen molar-refractivity contribution < 1.29 is 13.2 Å². The summed E-state index contributed by atoms with van der Waals surface area (Å²) in [7, 11) is -1.73. The van der Waals surface area contributed by atoms with E-state index in [1.807, 2.05) is 18.2 Å². The summed E-state index contributed by atoms with van der Waals surface area (Å²) in [4.78, 5) is 0. The predicted octanol–water partition coefficient (Wildman–Crippen LogP) is 1.75. The van der Waals surface area contributed by atoms with Gasteiger partial charge in [-0.15, -0.1) is 11.6 Å². The molecule has 1 N–H and O–H groups in total. The molecule has 0 bridgehead atoms. The molecule has 0 aliphatic rings. The lowest BCUT2D eigenvalue weighted by molar-refractivity contribution is 0.196. The molecule has 1 aromatic rings. The van der Waals surface area contributed by atoms with Crippen molar-refractivity contribution in [3.63, 3.8) is 0 Å². The highest BCUT2D eigenvalue weighted by Gasteiger charge is 2.12. The Kier molecular flexibility index (Phi) is 6.63. The Morgan fingerprint density at radius 1 is 1.33 bits per heavy atom. The molecule has 0 radical (unpaired) electrons. The van der Waals surface area contributed by atoms with Crippen molar-refractivity contribution in [3.8, 4) is 0 Å². The number of nitrogens with one attached hydrogen (secondary N) is 1. The van der Waals surface area contributed by atoms with Crippen LogP contribution in [0.5, 0.6) is 0 Å². The third-order valence-corrected chi connectivity index (χ3v) is 4.03. The van der Waals surface area contributed by atoms with Crippen LogP contribution in [0.15, 0.2) is 30.3 Å². The minimum absolute atomic E-state index is 0.00886. The van der Waals surface area contributed by atoms with E-state index in [1.54, 1.807) is 19.2 Å². The van der Waals surface area contributed by atoms with E-state index in [0.29, 0.717) is 19.6 Å². The Morgan fingerprint density at radius 3 is 2.61 bits per heavy atom. The van der Waals surface area contributed by atoms with Crippen molar-refractivity contribution in [2.75, 3.05) is 20.3 Å². The number of ether oxygens (including phenoxy) is 1. The van der Waals surface area contributed by atoms with Crippen LogP contribution in [0.1, 0.15) is 12.0 Å². The molecule has 18 heavy (non-hydrogen) atoms. The van der Waals surface area contributed by atoms with Gasteiger partial charge in [0.05, 0.1) is 17.7 Å². The number of halogens is 1. The summed E-state index contributed by atoms with van der Waals surface area (Å²) in [6, 6.07) is 9.06. The standard InChI is InChI=1S/C12H18ClNO3S/c1-17-9-12(13)7-8-14-18(15,16)10-11-5-3-2-4-6-11/h2-6,12,14H,7-10H2,1H3. The summed E-state index contributed by atoms with van der Waals surface area (Å²) in [6.45, 7) is 0.745. The zero-order chi connectivity index (χ0) is 13.4. The fourth-order valence-electron chi connectivity index (χ4n) is 1.48. The SMILES string of the molecule is COCC(Cl)CCNS(=O)(=O)Cc1ccccc1. The average molecular weight is 292 g/mol. The van der Waals surface area contributed by atoms with E-state index in [0.717, 1.165) is 5.56 Å². The monoisotopic (exact) mass is 291 g/mol. The Bertz CT molecular complexity index is 436. The zero-order valence-corrected chi connectivity index (χ0v) is 11.9. The first-order valence-corrected chi connectivity index (χ1v) is 7.76. The molecule has 1 rings (SSSR count). The lowest BCUT2D eigenvalue weighted by Gasteiger charge is -2.09. The molecular weight excluding hydrogens is 274 g/mol. The minimum atomic E-state index is -3.29. The lowest BCUT2D eigenvalue weighted by atomic mass is 10.2. The topological polar surface area (TPSA) is 55.4 Å². The van der Waals surface area contributed by atoms with Gasteiger partial charge in [-0.05, 0) is 12.0 Å². The highest BCUT2D eigenvalue weighted by Crippen LogP contribution is 2.05. The summed E-state index contributed by atoms with van der Waals surface area (Å²) < 4.78 is 30.9. The van der Waals surface area contributed by atoms with Crippen LogP contribution in [0.2, 0.25) is 0 Å². The molecule has 0 fully saturated rings. The molecule has 6 heteroatoms. The van der Waals surface area contributed by atoms with Crippen LogP contribution >= 0.6 is 11.6 Å². The van der Waals surface area contributed by atoms with Crippen molar-refractivity contribution in [3.05, 3.63) is 35.9 Å². The first-order valence-electron chi connectivity index (χ1n) is 5.68. The molecule has 0 spiro atoms. The van der Waals surface area contributed by atoms with E-state index in [4.69, 9.17) is 16.3 Å². The summed E-state index contributed by atoms with van der Waals surface area (Å²) in [6.07, 6.45) is 0.545. The summed E-state index contributed by atoms with van der Waals surface area (Å²) >= 11 is 5.91. The van der Waals surface area contributed by atoms with Gasteiger partial charge >= 0.3 is 0 Å². The summed E-state index contributed by atoms with van der Waals surface area (Å²) in [5, 5.41) is -0.172. The molecule has 1 unspecified atom stereocenters. The second-order valence-electron chi connectivity index (χ2n) is 3.98. The molecule has 0 aliphatic heterocycles. The van der Waals surface area contributed by atoms with Crippen LogP contribution in [0.3, 0.4) is 0 Å². The Hall–Kier alpha value is -0.620. The fourth-order valence-corrected chi connectivity index (χ4v) is 2.88. The molecule has 0 saturated heterocycles. The summed E-state index contributed by atoms with van der Waals surface area (Å²) in [5.74, 6) is -0.00886. The van der Waals surface area contributed by atoms with Crippen molar-refractivity contribution >= 4 is 21.6 Å². The van der Waals surface area contributed by atoms with E-state index < -0.39 is 10.0 Å². The average Bonchev–Trinajstić information content (AvgIpc) is 2.29. The van der Waals surface area contributed by atoms with Gasteiger partial charge in [-0.2, -0.15) is 0 Å². The largest absolute Gasteiger partial charge is 0.383 e. The van der Waals surface area contributed by atoms with E-state index in [-0.39, 0.29) is 11.1 Å². The minimum Gasteiger partial charge on any atom is -0.383 e. The Morgan fingerprint density at radius 2 is 2.00 bits per heavy atom. The first-order chi connectivity index (χ1) is 8.53. The lowest BCUT2D eigenvalue weighted by Crippen LogP contribution is -2.28. The third kappa shape index (κ3) is 6.35. The maximum atomic E-state index is 11.8. The molecule has 0 aromatic heterocycles. The molecule has 0 saturated carbocycles. The first kappa shape index (κ1) is 15.4. The van der Waals surface area contributed by atoms with Gasteiger partial charge in [0, 0.05) is 13.7 Å². The van der Waals surface area contributed by atoms with E-state index in [2.05, 4.69) is 4.72 Å². The quantitative estimate of drug-likeness (QED) is 0.743. The van der Waals surface area contributed by atoms with Crippen LogP contribution < -0.4 is 4.72 Å². The van der Waals surface area contributed by atoms with Gasteiger partial charge in [0.25, 0.3) is 0 Å². The summed E-state index contributed by atoms with van der Waals surface area (Å²) in [5.41, 5.74) is 0.768. The van der Waals surface area contributed by atoms with Gasteiger partial charge in [0.1, 0.15) is 0 Å². The number of alkyl halides is 1. The third-order valence-electron chi connectivity index (χ3n) is 2.33. The number of rotatable bonds is 8. The van der Waals surface area contributed by atoms with Crippen LogP contribution in [-0.4, -0.2) is 34.1 Å². The molecule has 4 nitrogen and oxygen atoms in total. The van der Waals surface area contributed by atoms with Crippen LogP contribution in [0.25, 0.3) is 0 Å². The molecule has 0 aliphatic carbocycles. The van der Waals surface area contributed by atoms with Gasteiger partial charge in [-0.3, -0.25) is 0 Å². The smallest absolute Gasteiger partial charge is 0.215 e. The van der Waals surface area contributed by atoms with E-state index in [1.165, 1.54) is 0 Å². The predicted molar refractivity (Wildman–Crippen MR) is 73.2 cm³/mol. The fraction of sp³-hybridized carbons (Fsp3) is 0.500. The van der Waals surface area contributed by atoms with Crippen molar-refractivity contribution in [1.82, 2.24) is 4.72 Å². The number of hydrogen-bond donors (Lipinski definition) is 1. The van der Waals surface area contributed by atoms with Crippen LogP contribution in [0.4, 0.5) is 0 Å². The van der Waals surface area contributed by atoms with Gasteiger partial charge in [0.15, 0.2) is 0 Å². The second-order valence-corrected chi connectivity index (χ2v) is 6.40. The highest BCUT2D eigenvalue weighted by molar-refractivity contribution is 7.88. The van der Waals surface area contributed by atoms with Crippen molar-refractivity contribution in [2.24, 2.45) is 0 Å². The van der Waals surface area contributed by atoms with E-state index >= 15 is 0 Å². The van der Waals surface area contributed by atoms with Gasteiger partial charge < -0.3 is 4.74 Å². The Balaban J connectivity index is 2.37. The highest BCUT2D eigenvalue weighted by atomic mass is 35.5. The molecule has 1 atom stereocenters. The second kappa shape index (κ2) is 7.74.